The van der Waals surface area contributed by atoms with E-state index in [4.69, 9.17) is 28.4 Å². The van der Waals surface area contributed by atoms with E-state index >= 15 is 0 Å². The Morgan fingerprint density at radius 3 is 2.49 bits per heavy atom. The van der Waals surface area contributed by atoms with Crippen LogP contribution in [0.1, 0.15) is 79.6 Å². The van der Waals surface area contributed by atoms with E-state index in [2.05, 4.69) is 52.1 Å². The van der Waals surface area contributed by atoms with Crippen molar-refractivity contribution in [3.8, 4) is 0 Å². The van der Waals surface area contributed by atoms with Crippen LogP contribution in [0.3, 0.4) is 0 Å². The van der Waals surface area contributed by atoms with Gasteiger partial charge in [0.05, 0.1) is 48.6 Å². The second-order valence-corrected chi connectivity index (χ2v) is 16.0. The first-order valence-electron chi connectivity index (χ1n) is 18.2. The van der Waals surface area contributed by atoms with Gasteiger partial charge in [-0.15, -0.1) is 0 Å². The summed E-state index contributed by atoms with van der Waals surface area (Å²) < 4.78 is 39.0. The van der Waals surface area contributed by atoms with Gasteiger partial charge in [-0.1, -0.05) is 45.1 Å². The fourth-order valence-electron chi connectivity index (χ4n) is 9.93. The maximum Gasteiger partial charge on any atom is 0.312 e. The number of allylic oxidation sites excluding steroid dienone is 3. The van der Waals surface area contributed by atoms with Crippen LogP contribution in [0, 0.1) is 23.7 Å². The van der Waals surface area contributed by atoms with E-state index < -0.39 is 41.6 Å². The molecule has 2 bridgehead atoms. The Balaban J connectivity index is 1.14. The normalized spacial score (nSPS) is 56.9. The van der Waals surface area contributed by atoms with Gasteiger partial charge in [0.25, 0.3) is 0 Å². The second kappa shape index (κ2) is 11.5. The third-order valence-corrected chi connectivity index (χ3v) is 12.9. The van der Waals surface area contributed by atoms with Gasteiger partial charge in [-0.2, -0.15) is 0 Å². The van der Waals surface area contributed by atoms with Crippen LogP contribution in [0.4, 0.5) is 0 Å². The molecule has 1 aliphatic carbocycles. The Bertz CT molecular complexity index is 1340. The van der Waals surface area contributed by atoms with E-state index in [1.165, 1.54) is 0 Å². The summed E-state index contributed by atoms with van der Waals surface area (Å²) >= 11 is 0. The van der Waals surface area contributed by atoms with Crippen molar-refractivity contribution in [2.75, 3.05) is 13.2 Å². The van der Waals surface area contributed by atoms with Crippen LogP contribution in [0.25, 0.3) is 0 Å². The highest BCUT2D eigenvalue weighted by Crippen LogP contribution is 2.54. The summed E-state index contributed by atoms with van der Waals surface area (Å²) in [6, 6.07) is 0.0887. The molecule has 6 fully saturated rings. The second-order valence-electron chi connectivity index (χ2n) is 16.0. The zero-order valence-electron chi connectivity index (χ0n) is 28.4. The molecule has 12 unspecified atom stereocenters. The van der Waals surface area contributed by atoms with Crippen molar-refractivity contribution in [2.24, 2.45) is 23.7 Å². The summed E-state index contributed by atoms with van der Waals surface area (Å²) in [6.07, 6.45) is 12.0. The number of epoxide rings is 2. The standard InChI is InChI=1S/C37H53NO9/c1-6-22-11-12-35(47-31(22)36(7-2)21(4)44-36)17-25-13-24(45-35)14-29-34(5,46-29)16-20(3)9-8-10-23-19-42-32-30(39)26(28-18-38-28)15-27(33(40)43-25)37(23,32)41/h8-12,20-22,24-32,38-39,41H,6-7,13-19H2,1-5H3/b9-8+,23-10+/t20?,21?,22?,24?,25?,26?,27?,28?,29?,30-,31+,32?,34-,35?,36-,37?/m1/s1. The van der Waals surface area contributed by atoms with Gasteiger partial charge in [-0.25, -0.2) is 0 Å². The third kappa shape index (κ3) is 5.41. The molecule has 260 valence electrons. The van der Waals surface area contributed by atoms with E-state index in [9.17, 15) is 15.0 Å². The van der Waals surface area contributed by atoms with Gasteiger partial charge in [-0.05, 0) is 57.1 Å². The van der Waals surface area contributed by atoms with Gasteiger partial charge in [0.15, 0.2) is 5.79 Å². The van der Waals surface area contributed by atoms with E-state index in [0.29, 0.717) is 31.3 Å². The summed E-state index contributed by atoms with van der Waals surface area (Å²) in [5, 5.41) is 27.1. The summed E-state index contributed by atoms with van der Waals surface area (Å²) in [5.74, 6) is -2.23. The smallest absolute Gasteiger partial charge is 0.312 e. The molecule has 8 aliphatic rings. The average molecular weight is 656 g/mol. The lowest BCUT2D eigenvalue weighted by molar-refractivity contribution is -0.304. The number of carbonyl (C=O) groups is 1. The van der Waals surface area contributed by atoms with E-state index in [-0.39, 0.29) is 66.0 Å². The van der Waals surface area contributed by atoms with Crippen LogP contribution in [-0.2, 0) is 33.2 Å². The summed E-state index contributed by atoms with van der Waals surface area (Å²) in [5.41, 5.74) is -1.71. The van der Waals surface area contributed by atoms with E-state index in [1.807, 2.05) is 18.2 Å². The molecule has 0 aromatic rings. The first kappa shape index (κ1) is 32.6. The zero-order valence-corrected chi connectivity index (χ0v) is 28.4. The van der Waals surface area contributed by atoms with Gasteiger partial charge in [0.1, 0.15) is 23.4 Å². The minimum atomic E-state index is -1.67. The van der Waals surface area contributed by atoms with E-state index in [1.54, 1.807) is 0 Å². The van der Waals surface area contributed by atoms with Crippen molar-refractivity contribution in [3.05, 3.63) is 36.0 Å². The Labute approximate surface area is 278 Å². The van der Waals surface area contributed by atoms with Crippen molar-refractivity contribution in [1.82, 2.24) is 5.32 Å². The molecule has 0 radical (unpaired) electrons. The maximum absolute atomic E-state index is 14.4. The number of aliphatic hydroxyl groups is 2. The van der Waals surface area contributed by atoms with Gasteiger partial charge in [0.2, 0.25) is 0 Å². The van der Waals surface area contributed by atoms with Crippen molar-refractivity contribution < 1.29 is 43.4 Å². The predicted molar refractivity (Wildman–Crippen MR) is 171 cm³/mol. The number of hydrogen-bond donors (Lipinski definition) is 3. The fraction of sp³-hybridized carbons (Fsp3) is 0.811. The number of carbonyl (C=O) groups excluding carboxylic acids is 1. The predicted octanol–water partition coefficient (Wildman–Crippen LogP) is 3.49. The van der Waals surface area contributed by atoms with E-state index in [0.717, 1.165) is 25.8 Å². The first-order valence-corrected chi connectivity index (χ1v) is 18.2. The van der Waals surface area contributed by atoms with Gasteiger partial charge in [-0.3, -0.25) is 4.79 Å². The molecule has 1 spiro atoms. The number of aliphatic hydroxyl groups excluding tert-OH is 1. The Morgan fingerprint density at radius 2 is 1.79 bits per heavy atom. The Hall–Kier alpha value is -1.63. The van der Waals surface area contributed by atoms with Crippen molar-refractivity contribution in [2.45, 2.75) is 151 Å². The molecule has 3 N–H and O–H groups in total. The van der Waals surface area contributed by atoms with Crippen LogP contribution >= 0.6 is 0 Å². The Morgan fingerprint density at radius 1 is 1.00 bits per heavy atom. The molecule has 1 saturated carbocycles. The molecular weight excluding hydrogens is 602 g/mol. The van der Waals surface area contributed by atoms with Crippen LogP contribution in [0.2, 0.25) is 0 Å². The molecule has 8 rings (SSSR count). The lowest BCUT2D eigenvalue weighted by Crippen LogP contribution is -2.62. The third-order valence-electron chi connectivity index (χ3n) is 12.9. The van der Waals surface area contributed by atoms with Gasteiger partial charge >= 0.3 is 5.97 Å². The highest BCUT2D eigenvalue weighted by Gasteiger charge is 2.66. The van der Waals surface area contributed by atoms with Crippen molar-refractivity contribution in [3.63, 3.8) is 0 Å². The summed E-state index contributed by atoms with van der Waals surface area (Å²) in [4.78, 5) is 14.4. The molecule has 7 aliphatic heterocycles. The van der Waals surface area contributed by atoms with Crippen LogP contribution in [0.5, 0.6) is 0 Å². The molecule has 10 heteroatoms. The number of esters is 1. The Kier molecular flexibility index (Phi) is 7.93. The first-order chi connectivity index (χ1) is 22.4. The number of rotatable bonds is 4. The van der Waals surface area contributed by atoms with Crippen LogP contribution in [-0.4, -0.2) is 101 Å². The molecular formula is C37H53NO9. The van der Waals surface area contributed by atoms with Crippen LogP contribution in [0.15, 0.2) is 36.0 Å². The van der Waals surface area contributed by atoms with Crippen molar-refractivity contribution >= 4 is 5.97 Å². The largest absolute Gasteiger partial charge is 0.462 e. The van der Waals surface area contributed by atoms with Crippen LogP contribution < -0.4 is 5.32 Å². The molecule has 16 atom stereocenters. The molecule has 0 amide bonds. The average Bonchev–Trinajstić information content (AvgIpc) is 3.98. The highest BCUT2D eigenvalue weighted by atomic mass is 16.7. The topological polar surface area (TPSA) is 141 Å². The molecule has 7 heterocycles. The quantitative estimate of drug-likeness (QED) is 0.234. The minimum Gasteiger partial charge on any atom is -0.462 e. The molecule has 0 aromatic heterocycles. The molecule has 10 nitrogen and oxygen atoms in total. The number of fused-ring (bicyclic) bond motifs is 3. The monoisotopic (exact) mass is 655 g/mol. The zero-order chi connectivity index (χ0) is 32.9. The van der Waals surface area contributed by atoms with Gasteiger partial charge in [0, 0.05) is 43.7 Å². The molecule has 0 aromatic carbocycles. The SMILES string of the molecule is CCC1C=CC2(CC3CC(CC4O[C@]4(C)CC(C)/C=C/C=C4\COC5[C@H](O)C(C6CN6)CC(C(=O)O3)C45O)O2)O[C@@H]1[C@]1(CC)OC1C. The highest BCUT2D eigenvalue weighted by molar-refractivity contribution is 5.76. The fourth-order valence-corrected chi connectivity index (χ4v) is 9.93. The molecule has 5 saturated heterocycles. The summed E-state index contributed by atoms with van der Waals surface area (Å²) in [7, 11) is 0. The molecule has 47 heavy (non-hydrogen) atoms. The number of nitrogens with one attached hydrogen (secondary N) is 1. The maximum atomic E-state index is 14.4. The number of ether oxygens (including phenoxy) is 6. The van der Waals surface area contributed by atoms with Crippen molar-refractivity contribution in [1.29, 1.82) is 0 Å². The van der Waals surface area contributed by atoms with Gasteiger partial charge < -0.3 is 44.0 Å². The number of hydrogen-bond acceptors (Lipinski definition) is 10. The lowest BCUT2D eigenvalue weighted by atomic mass is 9.64. The lowest BCUT2D eigenvalue weighted by Gasteiger charge is -2.49. The summed E-state index contributed by atoms with van der Waals surface area (Å²) in [6.45, 7) is 11.7. The minimum absolute atomic E-state index is 0.0300.